The number of rotatable bonds is 14. The minimum absolute atomic E-state index is 0.106. The van der Waals surface area contributed by atoms with Crippen molar-refractivity contribution in [3.05, 3.63) is 48.0 Å². The molecule has 1 saturated carbocycles. The molecular formula is C33H49N5O5. The van der Waals surface area contributed by atoms with Crippen molar-refractivity contribution in [3.8, 4) is 5.75 Å². The predicted octanol–water partition coefficient (Wildman–Crippen LogP) is 4.79. The van der Waals surface area contributed by atoms with Crippen LogP contribution in [0.2, 0.25) is 0 Å². The molecule has 3 N–H and O–H groups in total. The minimum Gasteiger partial charge on any atom is -0.497 e. The standard InChI is InChI=1S/C33H49N5O5/c1-3-43-31(40)33(26-10-6-4-7-11-26)17-20-38(21-18-33)30(39)29(22-25-13-15-28(42-2)16-14-25)37-32(41)35-19-9-5-8-12-27-23-34-24-36-27/h13-16,23-24,26,29H,3-12,17-22H2,1-2H3,(H,34,36)(H2,35,37,41). The predicted molar refractivity (Wildman–Crippen MR) is 165 cm³/mol. The number of nitrogens with one attached hydrogen (secondary N) is 3. The molecule has 0 spiro atoms. The zero-order chi connectivity index (χ0) is 30.5. The van der Waals surface area contributed by atoms with E-state index in [2.05, 4.69) is 20.6 Å². The number of piperidine rings is 1. The summed E-state index contributed by atoms with van der Waals surface area (Å²) < 4.78 is 10.9. The van der Waals surface area contributed by atoms with E-state index in [1.54, 1.807) is 13.4 Å². The van der Waals surface area contributed by atoms with Crippen LogP contribution in [-0.4, -0.2) is 72.2 Å². The van der Waals surface area contributed by atoms with Crippen molar-refractivity contribution < 1.29 is 23.9 Å². The number of hydrogen-bond acceptors (Lipinski definition) is 6. The van der Waals surface area contributed by atoms with Gasteiger partial charge in [-0.25, -0.2) is 9.78 Å². The fraction of sp³-hybridized carbons (Fsp3) is 0.636. The number of H-pyrrole nitrogens is 1. The van der Waals surface area contributed by atoms with Gasteiger partial charge in [0, 0.05) is 37.9 Å². The van der Waals surface area contributed by atoms with E-state index in [1.807, 2.05) is 42.3 Å². The molecule has 43 heavy (non-hydrogen) atoms. The molecule has 1 aliphatic carbocycles. The van der Waals surface area contributed by atoms with Crippen LogP contribution in [0.5, 0.6) is 5.75 Å². The number of aromatic amines is 1. The number of likely N-dealkylation sites (tertiary alicyclic amines) is 1. The molecule has 1 aromatic carbocycles. The molecule has 2 aromatic rings. The molecular weight excluding hydrogens is 546 g/mol. The van der Waals surface area contributed by atoms with E-state index in [0.717, 1.165) is 68.4 Å². The van der Waals surface area contributed by atoms with Gasteiger partial charge in [-0.2, -0.15) is 0 Å². The molecule has 4 rings (SSSR count). The maximum Gasteiger partial charge on any atom is 0.315 e. The molecule has 236 valence electrons. The van der Waals surface area contributed by atoms with Crippen molar-refractivity contribution in [2.45, 2.75) is 90.0 Å². The second-order valence-electron chi connectivity index (χ2n) is 11.9. The number of hydrogen-bond donors (Lipinski definition) is 3. The highest BCUT2D eigenvalue weighted by Crippen LogP contribution is 2.47. The van der Waals surface area contributed by atoms with Crippen LogP contribution in [0, 0.1) is 11.3 Å². The van der Waals surface area contributed by atoms with Gasteiger partial charge in [0.15, 0.2) is 0 Å². The topological polar surface area (TPSA) is 126 Å². The summed E-state index contributed by atoms with van der Waals surface area (Å²) in [5.41, 5.74) is 1.51. The number of imidazole rings is 1. The number of esters is 1. The Kier molecular flexibility index (Phi) is 12.3. The lowest BCUT2D eigenvalue weighted by Gasteiger charge is -2.46. The molecule has 1 unspecified atom stereocenters. The molecule has 2 heterocycles. The maximum atomic E-state index is 13.9. The Labute approximate surface area is 255 Å². The molecule has 10 heteroatoms. The highest BCUT2D eigenvalue weighted by Gasteiger charge is 2.49. The number of ether oxygens (including phenoxy) is 2. The molecule has 0 radical (unpaired) electrons. The van der Waals surface area contributed by atoms with Crippen LogP contribution in [0.3, 0.4) is 0 Å². The van der Waals surface area contributed by atoms with Gasteiger partial charge in [-0.05, 0) is 75.5 Å². The van der Waals surface area contributed by atoms with Gasteiger partial charge in [0.2, 0.25) is 5.91 Å². The number of aryl methyl sites for hydroxylation is 1. The maximum absolute atomic E-state index is 13.9. The lowest BCUT2D eigenvalue weighted by atomic mass is 9.63. The van der Waals surface area contributed by atoms with Crippen molar-refractivity contribution in [2.75, 3.05) is 33.4 Å². The first-order chi connectivity index (χ1) is 20.9. The molecule has 1 saturated heterocycles. The SMILES string of the molecule is CCOC(=O)C1(C2CCCCC2)CCN(C(=O)C(Cc2ccc(OC)cc2)NC(=O)NCCCCCc2cnc[nH]2)CC1. The average molecular weight is 596 g/mol. The smallest absolute Gasteiger partial charge is 0.315 e. The molecule has 3 amide bonds. The molecule has 1 atom stereocenters. The summed E-state index contributed by atoms with van der Waals surface area (Å²) in [7, 11) is 1.62. The van der Waals surface area contributed by atoms with Crippen LogP contribution >= 0.6 is 0 Å². The van der Waals surface area contributed by atoms with Gasteiger partial charge in [-0.1, -0.05) is 37.8 Å². The van der Waals surface area contributed by atoms with Crippen LogP contribution in [0.1, 0.15) is 82.4 Å². The molecule has 0 bridgehead atoms. The minimum atomic E-state index is -0.724. The summed E-state index contributed by atoms with van der Waals surface area (Å²) in [5.74, 6) is 0.812. The Morgan fingerprint density at radius 3 is 2.47 bits per heavy atom. The number of carbonyl (C=O) groups excluding carboxylic acids is 3. The highest BCUT2D eigenvalue weighted by molar-refractivity contribution is 5.88. The Bertz CT molecular complexity index is 1140. The molecule has 10 nitrogen and oxygen atoms in total. The fourth-order valence-corrected chi connectivity index (χ4v) is 6.70. The normalized spacial score (nSPS) is 17.6. The van der Waals surface area contributed by atoms with Gasteiger partial charge in [0.25, 0.3) is 0 Å². The zero-order valence-corrected chi connectivity index (χ0v) is 25.9. The van der Waals surface area contributed by atoms with E-state index in [0.29, 0.717) is 51.4 Å². The van der Waals surface area contributed by atoms with Gasteiger partial charge < -0.3 is 30.0 Å². The Balaban J connectivity index is 1.36. The number of amides is 3. The monoisotopic (exact) mass is 595 g/mol. The van der Waals surface area contributed by atoms with Crippen LogP contribution < -0.4 is 15.4 Å². The van der Waals surface area contributed by atoms with Crippen LogP contribution in [0.25, 0.3) is 0 Å². The third-order valence-corrected chi connectivity index (χ3v) is 9.20. The van der Waals surface area contributed by atoms with Crippen LogP contribution in [-0.2, 0) is 27.2 Å². The number of urea groups is 1. The van der Waals surface area contributed by atoms with Gasteiger partial charge in [-0.15, -0.1) is 0 Å². The first-order valence-electron chi connectivity index (χ1n) is 16.1. The van der Waals surface area contributed by atoms with E-state index >= 15 is 0 Å². The highest BCUT2D eigenvalue weighted by atomic mass is 16.5. The largest absolute Gasteiger partial charge is 0.497 e. The molecule has 2 aliphatic rings. The van der Waals surface area contributed by atoms with E-state index in [-0.39, 0.29) is 17.9 Å². The van der Waals surface area contributed by atoms with Crippen LogP contribution in [0.15, 0.2) is 36.8 Å². The van der Waals surface area contributed by atoms with E-state index in [9.17, 15) is 14.4 Å². The van der Waals surface area contributed by atoms with Crippen molar-refractivity contribution >= 4 is 17.9 Å². The lowest BCUT2D eigenvalue weighted by Crippen LogP contribution is -2.56. The summed E-state index contributed by atoms with van der Waals surface area (Å²) in [6.07, 6.45) is 14.4. The quantitative estimate of drug-likeness (QED) is 0.213. The average Bonchev–Trinajstić information content (AvgIpc) is 3.56. The molecule has 1 aliphatic heterocycles. The molecule has 1 aromatic heterocycles. The van der Waals surface area contributed by atoms with Gasteiger partial charge in [-0.3, -0.25) is 9.59 Å². The van der Waals surface area contributed by atoms with Crippen molar-refractivity contribution in [2.24, 2.45) is 11.3 Å². The zero-order valence-electron chi connectivity index (χ0n) is 25.9. The summed E-state index contributed by atoms with van der Waals surface area (Å²) >= 11 is 0. The third-order valence-electron chi connectivity index (χ3n) is 9.20. The number of aromatic nitrogens is 2. The summed E-state index contributed by atoms with van der Waals surface area (Å²) in [4.78, 5) is 49.1. The number of nitrogens with zero attached hydrogens (tertiary/aromatic N) is 2. The van der Waals surface area contributed by atoms with Gasteiger partial charge >= 0.3 is 12.0 Å². The Hall–Kier alpha value is -3.56. The van der Waals surface area contributed by atoms with Crippen LogP contribution in [0.4, 0.5) is 4.79 Å². The van der Waals surface area contributed by atoms with Crippen molar-refractivity contribution in [1.29, 1.82) is 0 Å². The van der Waals surface area contributed by atoms with Crippen molar-refractivity contribution in [3.63, 3.8) is 0 Å². The van der Waals surface area contributed by atoms with E-state index in [1.165, 1.54) is 6.42 Å². The second kappa shape index (κ2) is 16.3. The number of methoxy groups -OCH3 is 1. The molecule has 2 fully saturated rings. The first kappa shape index (κ1) is 32.4. The Morgan fingerprint density at radius 1 is 1.07 bits per heavy atom. The van der Waals surface area contributed by atoms with Gasteiger partial charge in [0.05, 0.1) is 25.5 Å². The number of unbranched alkanes of at least 4 members (excludes halogenated alkanes) is 2. The van der Waals surface area contributed by atoms with Crippen molar-refractivity contribution in [1.82, 2.24) is 25.5 Å². The Morgan fingerprint density at radius 2 is 1.81 bits per heavy atom. The number of carbonyl (C=O) groups is 3. The summed E-state index contributed by atoms with van der Waals surface area (Å²) in [6, 6.07) is 6.49. The number of benzene rings is 1. The summed E-state index contributed by atoms with van der Waals surface area (Å²) in [5, 5.41) is 5.89. The first-order valence-corrected chi connectivity index (χ1v) is 16.1. The fourth-order valence-electron chi connectivity index (χ4n) is 6.70. The lowest BCUT2D eigenvalue weighted by molar-refractivity contribution is -0.166. The third kappa shape index (κ3) is 8.97. The van der Waals surface area contributed by atoms with E-state index < -0.39 is 11.5 Å². The van der Waals surface area contributed by atoms with E-state index in [4.69, 9.17) is 9.47 Å². The van der Waals surface area contributed by atoms with Gasteiger partial charge in [0.1, 0.15) is 11.8 Å². The summed E-state index contributed by atoms with van der Waals surface area (Å²) in [6.45, 7) is 3.71. The second-order valence-corrected chi connectivity index (χ2v) is 11.9.